The van der Waals surface area contributed by atoms with Gasteiger partial charge < -0.3 is 20.2 Å². The van der Waals surface area contributed by atoms with E-state index in [9.17, 15) is 0 Å². The number of hydrogen-bond donors (Lipinski definition) is 2. The first-order valence-electron chi connectivity index (χ1n) is 6.67. The summed E-state index contributed by atoms with van der Waals surface area (Å²) in [5, 5.41) is 0. The van der Waals surface area contributed by atoms with E-state index in [1.54, 1.807) is 14.2 Å². The minimum Gasteiger partial charge on any atom is -0.497 e. The SMILES string of the molecule is COc1ccc(-c2cnc(C(C)CCN)[nH]2)c(OC)c1. The van der Waals surface area contributed by atoms with E-state index in [0.717, 1.165) is 35.0 Å². The smallest absolute Gasteiger partial charge is 0.131 e. The van der Waals surface area contributed by atoms with Crippen LogP contribution in [0.3, 0.4) is 0 Å². The fourth-order valence-electron chi connectivity index (χ4n) is 2.13. The second-order valence-corrected chi connectivity index (χ2v) is 4.73. The maximum absolute atomic E-state index is 5.59. The van der Waals surface area contributed by atoms with Gasteiger partial charge in [0, 0.05) is 17.5 Å². The molecule has 0 aliphatic heterocycles. The van der Waals surface area contributed by atoms with E-state index in [4.69, 9.17) is 15.2 Å². The Morgan fingerprint density at radius 2 is 2.10 bits per heavy atom. The molecule has 1 unspecified atom stereocenters. The van der Waals surface area contributed by atoms with Gasteiger partial charge in [-0.05, 0) is 25.1 Å². The third-order valence-corrected chi connectivity index (χ3v) is 3.36. The minimum absolute atomic E-state index is 0.318. The number of rotatable bonds is 6. The summed E-state index contributed by atoms with van der Waals surface area (Å²) in [6, 6.07) is 5.73. The second-order valence-electron chi connectivity index (χ2n) is 4.73. The molecule has 1 aromatic carbocycles. The predicted octanol–water partition coefficient (Wildman–Crippen LogP) is 2.55. The Labute approximate surface area is 119 Å². The largest absolute Gasteiger partial charge is 0.497 e. The number of nitrogens with two attached hydrogens (primary N) is 1. The molecule has 1 atom stereocenters. The Bertz CT molecular complexity index is 566. The molecule has 2 aromatic rings. The van der Waals surface area contributed by atoms with E-state index in [1.165, 1.54) is 0 Å². The van der Waals surface area contributed by atoms with Gasteiger partial charge in [-0.1, -0.05) is 6.92 Å². The lowest BCUT2D eigenvalue weighted by Gasteiger charge is -2.09. The van der Waals surface area contributed by atoms with Gasteiger partial charge in [0.1, 0.15) is 17.3 Å². The van der Waals surface area contributed by atoms with Crippen molar-refractivity contribution in [1.29, 1.82) is 0 Å². The van der Waals surface area contributed by atoms with Crippen LogP contribution in [-0.2, 0) is 0 Å². The number of nitrogens with one attached hydrogen (secondary N) is 1. The van der Waals surface area contributed by atoms with Crippen molar-refractivity contribution >= 4 is 0 Å². The van der Waals surface area contributed by atoms with Crippen molar-refractivity contribution < 1.29 is 9.47 Å². The van der Waals surface area contributed by atoms with Crippen molar-refractivity contribution in [3.63, 3.8) is 0 Å². The molecule has 5 nitrogen and oxygen atoms in total. The molecular weight excluding hydrogens is 254 g/mol. The third-order valence-electron chi connectivity index (χ3n) is 3.36. The van der Waals surface area contributed by atoms with Gasteiger partial charge in [-0.25, -0.2) is 4.98 Å². The van der Waals surface area contributed by atoms with Crippen molar-refractivity contribution in [2.75, 3.05) is 20.8 Å². The zero-order chi connectivity index (χ0) is 14.5. The van der Waals surface area contributed by atoms with Gasteiger partial charge in [-0.15, -0.1) is 0 Å². The number of hydrogen-bond acceptors (Lipinski definition) is 4. The van der Waals surface area contributed by atoms with E-state index in [0.29, 0.717) is 12.5 Å². The van der Waals surface area contributed by atoms with Gasteiger partial charge in [0.05, 0.1) is 26.1 Å². The molecular formula is C15H21N3O2. The van der Waals surface area contributed by atoms with E-state index in [-0.39, 0.29) is 0 Å². The number of aromatic amines is 1. The van der Waals surface area contributed by atoms with Gasteiger partial charge >= 0.3 is 0 Å². The van der Waals surface area contributed by atoms with Crippen molar-refractivity contribution in [3.8, 4) is 22.8 Å². The van der Waals surface area contributed by atoms with Crippen LogP contribution in [0.2, 0.25) is 0 Å². The number of aromatic nitrogens is 2. The van der Waals surface area contributed by atoms with Crippen LogP contribution in [0.25, 0.3) is 11.3 Å². The Morgan fingerprint density at radius 3 is 2.75 bits per heavy atom. The molecule has 3 N–H and O–H groups in total. The monoisotopic (exact) mass is 275 g/mol. The van der Waals surface area contributed by atoms with E-state index >= 15 is 0 Å². The Morgan fingerprint density at radius 1 is 1.30 bits per heavy atom. The van der Waals surface area contributed by atoms with Gasteiger partial charge in [-0.2, -0.15) is 0 Å². The summed E-state index contributed by atoms with van der Waals surface area (Å²) in [5.41, 5.74) is 7.49. The molecule has 0 aliphatic rings. The second kappa shape index (κ2) is 6.43. The highest BCUT2D eigenvalue weighted by atomic mass is 16.5. The number of methoxy groups -OCH3 is 2. The maximum Gasteiger partial charge on any atom is 0.131 e. The number of nitrogens with zero attached hydrogens (tertiary/aromatic N) is 1. The van der Waals surface area contributed by atoms with Crippen LogP contribution in [0.5, 0.6) is 11.5 Å². The Hall–Kier alpha value is -2.01. The standard InChI is InChI=1S/C15H21N3O2/c1-10(6-7-16)15-17-9-13(18-15)12-5-4-11(19-2)8-14(12)20-3/h4-5,8-10H,6-7,16H2,1-3H3,(H,17,18). The van der Waals surface area contributed by atoms with Gasteiger partial charge in [0.2, 0.25) is 0 Å². The summed E-state index contributed by atoms with van der Waals surface area (Å²) in [6.45, 7) is 2.77. The molecule has 0 aliphatic carbocycles. The van der Waals surface area contributed by atoms with Crippen molar-refractivity contribution in [2.24, 2.45) is 5.73 Å². The van der Waals surface area contributed by atoms with Crippen LogP contribution in [0, 0.1) is 0 Å². The van der Waals surface area contributed by atoms with Crippen LogP contribution >= 0.6 is 0 Å². The molecule has 0 radical (unpaired) electrons. The van der Waals surface area contributed by atoms with Crippen LogP contribution < -0.4 is 15.2 Å². The lowest BCUT2D eigenvalue weighted by atomic mass is 10.1. The van der Waals surface area contributed by atoms with Crippen LogP contribution in [-0.4, -0.2) is 30.7 Å². The lowest BCUT2D eigenvalue weighted by molar-refractivity contribution is 0.395. The summed E-state index contributed by atoms with van der Waals surface area (Å²) < 4.78 is 10.6. The fraction of sp³-hybridized carbons (Fsp3) is 0.400. The van der Waals surface area contributed by atoms with Crippen LogP contribution in [0.4, 0.5) is 0 Å². The Kier molecular flexibility index (Phi) is 4.63. The molecule has 0 bridgehead atoms. The predicted molar refractivity (Wildman–Crippen MR) is 79.2 cm³/mol. The van der Waals surface area contributed by atoms with Crippen molar-refractivity contribution in [3.05, 3.63) is 30.2 Å². The fourth-order valence-corrected chi connectivity index (χ4v) is 2.13. The highest BCUT2D eigenvalue weighted by Crippen LogP contribution is 2.32. The molecule has 108 valence electrons. The van der Waals surface area contributed by atoms with E-state index in [1.807, 2.05) is 24.4 Å². The first kappa shape index (κ1) is 14.4. The molecule has 2 rings (SSSR count). The van der Waals surface area contributed by atoms with Gasteiger partial charge in [0.25, 0.3) is 0 Å². The Balaban J connectivity index is 2.32. The maximum atomic E-state index is 5.59. The summed E-state index contributed by atoms with van der Waals surface area (Å²) in [7, 11) is 3.28. The van der Waals surface area contributed by atoms with E-state index < -0.39 is 0 Å². The molecule has 0 fully saturated rings. The molecule has 20 heavy (non-hydrogen) atoms. The zero-order valence-corrected chi connectivity index (χ0v) is 12.1. The topological polar surface area (TPSA) is 73.2 Å². The zero-order valence-electron chi connectivity index (χ0n) is 12.1. The minimum atomic E-state index is 0.318. The first-order chi connectivity index (χ1) is 9.69. The first-order valence-corrected chi connectivity index (χ1v) is 6.67. The average Bonchev–Trinajstić information content (AvgIpc) is 2.96. The van der Waals surface area contributed by atoms with Crippen LogP contribution in [0.15, 0.2) is 24.4 Å². The summed E-state index contributed by atoms with van der Waals surface area (Å²) in [6.07, 6.45) is 2.74. The van der Waals surface area contributed by atoms with Crippen LogP contribution in [0.1, 0.15) is 25.1 Å². The van der Waals surface area contributed by atoms with Crippen molar-refractivity contribution in [1.82, 2.24) is 9.97 Å². The number of benzene rings is 1. The van der Waals surface area contributed by atoms with E-state index in [2.05, 4.69) is 16.9 Å². The van der Waals surface area contributed by atoms with Gasteiger partial charge in [-0.3, -0.25) is 0 Å². The number of imidazole rings is 1. The molecule has 1 aromatic heterocycles. The highest BCUT2D eigenvalue weighted by molar-refractivity contribution is 5.68. The highest BCUT2D eigenvalue weighted by Gasteiger charge is 2.13. The summed E-state index contributed by atoms with van der Waals surface area (Å²) in [4.78, 5) is 7.77. The normalized spacial score (nSPS) is 12.2. The number of ether oxygens (including phenoxy) is 2. The summed E-state index contributed by atoms with van der Waals surface area (Å²) >= 11 is 0. The number of H-pyrrole nitrogens is 1. The molecule has 1 heterocycles. The lowest BCUT2D eigenvalue weighted by Crippen LogP contribution is -2.05. The summed E-state index contributed by atoms with van der Waals surface area (Å²) in [5.74, 6) is 2.79. The van der Waals surface area contributed by atoms with Crippen molar-refractivity contribution in [2.45, 2.75) is 19.3 Å². The molecule has 0 saturated heterocycles. The molecule has 0 amide bonds. The molecule has 0 spiro atoms. The van der Waals surface area contributed by atoms with Gasteiger partial charge in [0.15, 0.2) is 0 Å². The third kappa shape index (κ3) is 2.93. The average molecular weight is 275 g/mol. The molecule has 0 saturated carbocycles. The quantitative estimate of drug-likeness (QED) is 0.849. The molecule has 5 heteroatoms.